The Hall–Kier alpha value is -0.870. The van der Waals surface area contributed by atoms with Gasteiger partial charge in [-0.2, -0.15) is 5.10 Å². The number of rotatable bonds is 7. The van der Waals surface area contributed by atoms with Crippen LogP contribution >= 0.6 is 0 Å². The summed E-state index contributed by atoms with van der Waals surface area (Å²) in [7, 11) is 0. The molecule has 0 saturated heterocycles. The van der Waals surface area contributed by atoms with Gasteiger partial charge in [-0.25, -0.2) is 0 Å². The van der Waals surface area contributed by atoms with Crippen molar-refractivity contribution in [3.05, 3.63) is 17.5 Å². The van der Waals surface area contributed by atoms with E-state index in [0.717, 1.165) is 25.3 Å². The Labute approximate surface area is 123 Å². The van der Waals surface area contributed by atoms with E-state index in [1.165, 1.54) is 49.9 Å². The average Bonchev–Trinajstić information content (AvgIpc) is 2.89. The summed E-state index contributed by atoms with van der Waals surface area (Å²) in [5.74, 6) is 6.64. The normalized spacial score (nSPS) is 18.4. The number of hydrogen-bond acceptors (Lipinski definition) is 3. The molecule has 1 aromatic rings. The predicted molar refractivity (Wildman–Crippen MR) is 83.3 cm³/mol. The zero-order chi connectivity index (χ0) is 14.4. The second kappa shape index (κ2) is 7.79. The Bertz CT molecular complexity index is 393. The summed E-state index contributed by atoms with van der Waals surface area (Å²) in [6, 6.07) is 2.62. The molecule has 0 aliphatic heterocycles. The lowest BCUT2D eigenvalue weighted by atomic mass is 9.84. The molecule has 1 unspecified atom stereocenters. The number of nitrogens with zero attached hydrogens (tertiary/aromatic N) is 2. The van der Waals surface area contributed by atoms with Gasteiger partial charge in [0, 0.05) is 24.7 Å². The Kier molecular flexibility index (Phi) is 6.05. The molecule has 3 N–H and O–H groups in total. The Morgan fingerprint density at radius 3 is 2.70 bits per heavy atom. The van der Waals surface area contributed by atoms with Gasteiger partial charge in [-0.05, 0) is 31.7 Å². The fraction of sp³-hybridized carbons (Fsp3) is 0.812. The van der Waals surface area contributed by atoms with Crippen molar-refractivity contribution < 1.29 is 0 Å². The molecular formula is C16H30N4. The lowest BCUT2D eigenvalue weighted by Crippen LogP contribution is -2.39. The molecule has 2 rings (SSSR count). The van der Waals surface area contributed by atoms with E-state index in [2.05, 4.69) is 35.1 Å². The van der Waals surface area contributed by atoms with Gasteiger partial charge in [0.2, 0.25) is 0 Å². The maximum atomic E-state index is 5.79. The Morgan fingerprint density at radius 1 is 1.35 bits per heavy atom. The van der Waals surface area contributed by atoms with Crippen molar-refractivity contribution in [2.24, 2.45) is 11.8 Å². The molecule has 1 atom stereocenters. The first-order chi connectivity index (χ1) is 9.76. The maximum Gasteiger partial charge on any atom is 0.0624 e. The minimum atomic E-state index is 0.379. The standard InChI is InChI=1S/C16H30N4/c1-3-14-11-16(20(4-2)19-14)12-15(18-17)10-13-8-6-5-7-9-13/h11,13,15,18H,3-10,12,17H2,1-2H3. The Balaban J connectivity index is 1.96. The highest BCUT2D eigenvalue weighted by molar-refractivity contribution is 5.12. The average molecular weight is 278 g/mol. The van der Waals surface area contributed by atoms with E-state index in [-0.39, 0.29) is 0 Å². The molecule has 1 fully saturated rings. The lowest BCUT2D eigenvalue weighted by Gasteiger charge is -2.26. The highest BCUT2D eigenvalue weighted by Crippen LogP contribution is 2.28. The zero-order valence-corrected chi connectivity index (χ0v) is 13.1. The molecule has 1 aromatic heterocycles. The molecule has 20 heavy (non-hydrogen) atoms. The van der Waals surface area contributed by atoms with Crippen LogP contribution in [-0.2, 0) is 19.4 Å². The van der Waals surface area contributed by atoms with Crippen molar-refractivity contribution in [2.45, 2.75) is 77.8 Å². The van der Waals surface area contributed by atoms with Gasteiger partial charge in [-0.15, -0.1) is 0 Å². The molecule has 1 saturated carbocycles. The number of nitrogens with two attached hydrogens (primary N) is 1. The summed E-state index contributed by atoms with van der Waals surface area (Å²) in [4.78, 5) is 0. The van der Waals surface area contributed by atoms with Crippen molar-refractivity contribution in [3.63, 3.8) is 0 Å². The third-order valence-electron chi connectivity index (χ3n) is 4.61. The molecule has 4 heteroatoms. The van der Waals surface area contributed by atoms with Crippen LogP contribution in [0, 0.1) is 5.92 Å². The minimum Gasteiger partial charge on any atom is -0.271 e. The fourth-order valence-corrected chi connectivity index (χ4v) is 3.41. The van der Waals surface area contributed by atoms with Crippen LogP contribution in [0.15, 0.2) is 6.07 Å². The van der Waals surface area contributed by atoms with Gasteiger partial charge >= 0.3 is 0 Å². The number of nitrogens with one attached hydrogen (secondary N) is 1. The van der Waals surface area contributed by atoms with Crippen LogP contribution in [0.3, 0.4) is 0 Å². The first-order valence-corrected chi connectivity index (χ1v) is 8.28. The topological polar surface area (TPSA) is 55.9 Å². The van der Waals surface area contributed by atoms with E-state index in [4.69, 9.17) is 5.84 Å². The van der Waals surface area contributed by atoms with Crippen LogP contribution in [0.25, 0.3) is 0 Å². The SMILES string of the molecule is CCc1cc(CC(CC2CCCCC2)NN)n(CC)n1. The first-order valence-electron chi connectivity index (χ1n) is 8.28. The lowest BCUT2D eigenvalue weighted by molar-refractivity contribution is 0.296. The van der Waals surface area contributed by atoms with Crippen molar-refractivity contribution in [1.29, 1.82) is 0 Å². The van der Waals surface area contributed by atoms with Gasteiger partial charge in [0.25, 0.3) is 0 Å². The molecule has 0 spiro atoms. The van der Waals surface area contributed by atoms with Crippen LogP contribution < -0.4 is 11.3 Å². The smallest absolute Gasteiger partial charge is 0.0624 e. The number of hydrogen-bond donors (Lipinski definition) is 2. The third kappa shape index (κ3) is 4.06. The highest BCUT2D eigenvalue weighted by Gasteiger charge is 2.20. The van der Waals surface area contributed by atoms with E-state index in [9.17, 15) is 0 Å². The van der Waals surface area contributed by atoms with Gasteiger partial charge < -0.3 is 0 Å². The number of hydrazine groups is 1. The third-order valence-corrected chi connectivity index (χ3v) is 4.61. The molecular weight excluding hydrogens is 248 g/mol. The van der Waals surface area contributed by atoms with Crippen molar-refractivity contribution in [3.8, 4) is 0 Å². The van der Waals surface area contributed by atoms with Gasteiger partial charge in [-0.1, -0.05) is 39.0 Å². The first kappa shape index (κ1) is 15.5. The van der Waals surface area contributed by atoms with Crippen LogP contribution in [0.1, 0.15) is 63.8 Å². The molecule has 4 nitrogen and oxygen atoms in total. The largest absolute Gasteiger partial charge is 0.271 e. The minimum absolute atomic E-state index is 0.379. The molecule has 0 amide bonds. The number of aryl methyl sites for hydroxylation is 2. The van der Waals surface area contributed by atoms with E-state index < -0.39 is 0 Å². The number of aromatic nitrogens is 2. The van der Waals surface area contributed by atoms with Crippen LogP contribution in [0.5, 0.6) is 0 Å². The fourth-order valence-electron chi connectivity index (χ4n) is 3.41. The summed E-state index contributed by atoms with van der Waals surface area (Å²) in [5.41, 5.74) is 5.55. The summed E-state index contributed by atoms with van der Waals surface area (Å²) < 4.78 is 2.13. The van der Waals surface area contributed by atoms with Crippen molar-refractivity contribution >= 4 is 0 Å². The second-order valence-corrected chi connectivity index (χ2v) is 6.10. The van der Waals surface area contributed by atoms with Gasteiger partial charge in [0.1, 0.15) is 0 Å². The quantitative estimate of drug-likeness (QED) is 0.595. The monoisotopic (exact) mass is 278 g/mol. The van der Waals surface area contributed by atoms with Gasteiger partial charge in [-0.3, -0.25) is 16.0 Å². The molecule has 0 aromatic carbocycles. The summed E-state index contributed by atoms with van der Waals surface area (Å²) in [6.45, 7) is 5.25. The van der Waals surface area contributed by atoms with E-state index in [1.54, 1.807) is 0 Å². The molecule has 1 heterocycles. The molecule has 1 aliphatic rings. The van der Waals surface area contributed by atoms with Crippen LogP contribution in [0.2, 0.25) is 0 Å². The molecule has 0 bridgehead atoms. The van der Waals surface area contributed by atoms with E-state index in [1.807, 2.05) is 0 Å². The van der Waals surface area contributed by atoms with E-state index >= 15 is 0 Å². The maximum absolute atomic E-state index is 5.79. The molecule has 114 valence electrons. The second-order valence-electron chi connectivity index (χ2n) is 6.10. The Morgan fingerprint density at radius 2 is 2.10 bits per heavy atom. The van der Waals surface area contributed by atoms with Gasteiger partial charge in [0.05, 0.1) is 5.69 Å². The highest BCUT2D eigenvalue weighted by atomic mass is 15.3. The zero-order valence-electron chi connectivity index (χ0n) is 13.1. The van der Waals surface area contributed by atoms with Crippen molar-refractivity contribution in [2.75, 3.05) is 0 Å². The summed E-state index contributed by atoms with van der Waals surface area (Å²) >= 11 is 0. The molecule has 1 aliphatic carbocycles. The summed E-state index contributed by atoms with van der Waals surface area (Å²) in [5, 5.41) is 4.63. The molecule has 0 radical (unpaired) electrons. The van der Waals surface area contributed by atoms with Crippen molar-refractivity contribution in [1.82, 2.24) is 15.2 Å². The summed E-state index contributed by atoms with van der Waals surface area (Å²) in [6.07, 6.45) is 10.2. The van der Waals surface area contributed by atoms with Crippen LogP contribution in [-0.4, -0.2) is 15.8 Å². The van der Waals surface area contributed by atoms with Crippen LogP contribution in [0.4, 0.5) is 0 Å². The van der Waals surface area contributed by atoms with E-state index in [0.29, 0.717) is 6.04 Å². The van der Waals surface area contributed by atoms with Gasteiger partial charge in [0.15, 0.2) is 0 Å². The predicted octanol–water partition coefficient (Wildman–Crippen LogP) is 2.81.